The molecule has 4 aromatic carbocycles. The van der Waals surface area contributed by atoms with Crippen LogP contribution in [0.25, 0.3) is 38.8 Å². The zero-order valence-electron chi connectivity index (χ0n) is 20.0. The Bertz CT molecular complexity index is 1890. The van der Waals surface area contributed by atoms with E-state index in [1.165, 1.54) is 0 Å². The van der Waals surface area contributed by atoms with Crippen molar-refractivity contribution in [3.63, 3.8) is 0 Å². The van der Waals surface area contributed by atoms with Crippen molar-refractivity contribution in [2.45, 2.75) is 12.8 Å². The number of fused-ring (bicyclic) bond motifs is 4. The Morgan fingerprint density at radius 3 is 2.24 bits per heavy atom. The first-order valence-corrected chi connectivity index (χ1v) is 12.3. The maximum Gasteiger partial charge on any atom is 0.219 e. The largest absolute Gasteiger partial charge is 0.493 e. The molecule has 7 aromatic rings. The van der Waals surface area contributed by atoms with Crippen LogP contribution in [0, 0.1) is 0 Å². The number of rotatable bonds is 5. The maximum absolute atomic E-state index is 11.4. The third kappa shape index (κ3) is 3.72. The van der Waals surface area contributed by atoms with E-state index in [1.807, 2.05) is 85.1 Å². The Balaban J connectivity index is 1.38. The number of aromatic hydroxyl groups is 1. The van der Waals surface area contributed by atoms with E-state index < -0.39 is 0 Å². The van der Waals surface area contributed by atoms with Gasteiger partial charge >= 0.3 is 0 Å². The summed E-state index contributed by atoms with van der Waals surface area (Å²) in [5, 5.41) is 13.5. The molecule has 0 bridgehead atoms. The second-order valence-electron chi connectivity index (χ2n) is 9.25. The summed E-state index contributed by atoms with van der Waals surface area (Å²) in [6.45, 7) is 0. The molecule has 37 heavy (non-hydrogen) atoms. The second kappa shape index (κ2) is 8.64. The predicted molar refractivity (Wildman–Crippen MR) is 146 cm³/mol. The van der Waals surface area contributed by atoms with Crippen LogP contribution in [0.5, 0.6) is 5.88 Å². The molecule has 0 aliphatic carbocycles. The van der Waals surface area contributed by atoms with E-state index in [0.29, 0.717) is 24.2 Å². The fraction of sp³-hybridized carbons (Fsp3) is 0.0625. The van der Waals surface area contributed by atoms with E-state index in [2.05, 4.69) is 24.3 Å². The summed E-state index contributed by atoms with van der Waals surface area (Å²) in [4.78, 5) is 9.90. The van der Waals surface area contributed by atoms with Crippen LogP contribution >= 0.6 is 0 Å². The van der Waals surface area contributed by atoms with E-state index in [4.69, 9.17) is 14.4 Å². The summed E-state index contributed by atoms with van der Waals surface area (Å²) in [5.41, 5.74) is 7.64. The molecule has 3 aromatic heterocycles. The first kappa shape index (κ1) is 21.4. The summed E-state index contributed by atoms with van der Waals surface area (Å²) in [6, 6.07) is 34.4. The molecule has 3 heterocycles. The minimum atomic E-state index is 0.122. The van der Waals surface area contributed by atoms with Gasteiger partial charge in [-0.3, -0.25) is 4.40 Å². The fourth-order valence-corrected chi connectivity index (χ4v) is 5.04. The predicted octanol–water partition coefficient (Wildman–Crippen LogP) is 7.18. The van der Waals surface area contributed by atoms with Crippen LogP contribution in [0.15, 0.2) is 114 Å². The average Bonchev–Trinajstić information content (AvgIpc) is 3.48. The quantitative estimate of drug-likeness (QED) is 0.283. The molecule has 0 fully saturated rings. The van der Waals surface area contributed by atoms with Gasteiger partial charge in [0.2, 0.25) is 5.88 Å². The molecular weight excluding hydrogens is 458 g/mol. The molecule has 0 radical (unpaired) electrons. The van der Waals surface area contributed by atoms with Crippen LogP contribution in [0.4, 0.5) is 0 Å². The van der Waals surface area contributed by atoms with Crippen LogP contribution in [-0.2, 0) is 12.8 Å². The average molecular weight is 482 g/mol. The molecule has 0 unspecified atom stereocenters. The second-order valence-corrected chi connectivity index (χ2v) is 9.25. The van der Waals surface area contributed by atoms with Gasteiger partial charge < -0.3 is 9.52 Å². The molecule has 0 spiro atoms. The summed E-state index contributed by atoms with van der Waals surface area (Å²) in [7, 11) is 0. The number of hydrogen-bond acceptors (Lipinski definition) is 4. The number of furan rings is 1. The van der Waals surface area contributed by atoms with Gasteiger partial charge in [0.1, 0.15) is 16.9 Å². The van der Waals surface area contributed by atoms with Crippen molar-refractivity contribution in [1.82, 2.24) is 14.4 Å². The number of hydrogen-bond donors (Lipinski definition) is 1. The monoisotopic (exact) mass is 481 g/mol. The van der Waals surface area contributed by atoms with Crippen molar-refractivity contribution in [2.24, 2.45) is 0 Å². The van der Waals surface area contributed by atoms with Crippen LogP contribution < -0.4 is 0 Å². The van der Waals surface area contributed by atoms with Crippen molar-refractivity contribution in [3.8, 4) is 17.1 Å². The zero-order chi connectivity index (χ0) is 24.8. The Labute approximate surface area is 213 Å². The molecule has 1 N–H and O–H groups in total. The summed E-state index contributed by atoms with van der Waals surface area (Å²) < 4.78 is 7.99. The molecule has 0 amide bonds. The standard InChI is InChI=1S/C32H23N3O2/c36-32-27(19-23-14-9-16-25-24-15-7-8-17-29(24)37-30(23)25)34-31-26(18-21-10-3-1-4-11-21)33-28(20-35(31)32)22-12-5-2-6-13-22/h1-17,20,36H,18-19H2. The first-order chi connectivity index (χ1) is 18.2. The topological polar surface area (TPSA) is 63.6 Å². The Kier molecular flexibility index (Phi) is 5.00. The summed E-state index contributed by atoms with van der Waals surface area (Å²) in [5.74, 6) is 0.122. The normalized spacial score (nSPS) is 11.6. The maximum atomic E-state index is 11.4. The van der Waals surface area contributed by atoms with Gasteiger partial charge in [-0.2, -0.15) is 0 Å². The van der Waals surface area contributed by atoms with Crippen molar-refractivity contribution in [3.05, 3.63) is 132 Å². The van der Waals surface area contributed by atoms with Crippen LogP contribution in [0.1, 0.15) is 22.5 Å². The van der Waals surface area contributed by atoms with Gasteiger partial charge in [0, 0.05) is 40.9 Å². The molecule has 0 atom stereocenters. The lowest BCUT2D eigenvalue weighted by Gasteiger charge is -2.08. The van der Waals surface area contributed by atoms with E-state index in [9.17, 15) is 5.11 Å². The summed E-state index contributed by atoms with van der Waals surface area (Å²) >= 11 is 0. The van der Waals surface area contributed by atoms with Crippen molar-refractivity contribution in [1.29, 1.82) is 0 Å². The molecular formula is C32H23N3O2. The van der Waals surface area contributed by atoms with Gasteiger partial charge in [-0.15, -0.1) is 0 Å². The Morgan fingerprint density at radius 2 is 1.41 bits per heavy atom. The first-order valence-electron chi connectivity index (χ1n) is 12.3. The SMILES string of the molecule is Oc1c(Cc2cccc3c2oc2ccccc23)nc2c(Cc3ccccc3)nc(-c3ccccc3)cn12. The van der Waals surface area contributed by atoms with Crippen molar-refractivity contribution < 1.29 is 9.52 Å². The molecule has 0 aliphatic rings. The van der Waals surface area contributed by atoms with E-state index in [0.717, 1.165) is 50.0 Å². The van der Waals surface area contributed by atoms with Crippen LogP contribution in [0.2, 0.25) is 0 Å². The summed E-state index contributed by atoms with van der Waals surface area (Å²) in [6.07, 6.45) is 2.92. The number of aromatic nitrogens is 3. The van der Waals surface area contributed by atoms with Crippen LogP contribution in [0.3, 0.4) is 0 Å². The number of para-hydroxylation sites is 2. The van der Waals surface area contributed by atoms with Gasteiger partial charge in [-0.25, -0.2) is 9.97 Å². The molecule has 7 rings (SSSR count). The Morgan fingerprint density at radius 1 is 0.676 bits per heavy atom. The molecule has 178 valence electrons. The van der Waals surface area contributed by atoms with Gasteiger partial charge in [0.05, 0.1) is 11.4 Å². The third-order valence-electron chi connectivity index (χ3n) is 6.85. The number of imidazole rings is 1. The highest BCUT2D eigenvalue weighted by atomic mass is 16.3. The number of nitrogens with zero attached hydrogens (tertiary/aromatic N) is 3. The lowest BCUT2D eigenvalue weighted by molar-refractivity contribution is 0.442. The highest BCUT2D eigenvalue weighted by Crippen LogP contribution is 2.34. The van der Waals surface area contributed by atoms with E-state index in [1.54, 1.807) is 4.40 Å². The highest BCUT2D eigenvalue weighted by molar-refractivity contribution is 6.05. The van der Waals surface area contributed by atoms with Gasteiger partial charge in [0.25, 0.3) is 0 Å². The van der Waals surface area contributed by atoms with E-state index in [-0.39, 0.29) is 5.88 Å². The number of benzene rings is 4. The molecule has 0 aliphatic heterocycles. The molecule has 5 heteroatoms. The fourth-order valence-electron chi connectivity index (χ4n) is 5.04. The molecule has 5 nitrogen and oxygen atoms in total. The van der Waals surface area contributed by atoms with Gasteiger partial charge in [-0.05, 0) is 11.6 Å². The minimum Gasteiger partial charge on any atom is -0.493 e. The van der Waals surface area contributed by atoms with Gasteiger partial charge in [-0.1, -0.05) is 97.1 Å². The highest BCUT2D eigenvalue weighted by Gasteiger charge is 2.20. The van der Waals surface area contributed by atoms with E-state index >= 15 is 0 Å². The Hall–Kier alpha value is -4.90. The van der Waals surface area contributed by atoms with Crippen LogP contribution in [-0.4, -0.2) is 19.5 Å². The lowest BCUT2D eigenvalue weighted by atomic mass is 10.1. The molecule has 0 saturated heterocycles. The van der Waals surface area contributed by atoms with Crippen molar-refractivity contribution in [2.75, 3.05) is 0 Å². The zero-order valence-corrected chi connectivity index (χ0v) is 20.0. The lowest BCUT2D eigenvalue weighted by Crippen LogP contribution is -2.00. The molecule has 0 saturated carbocycles. The van der Waals surface area contributed by atoms with Crippen molar-refractivity contribution >= 4 is 27.6 Å². The minimum absolute atomic E-state index is 0.122. The van der Waals surface area contributed by atoms with Gasteiger partial charge in [0.15, 0.2) is 5.65 Å². The smallest absolute Gasteiger partial charge is 0.219 e. The third-order valence-corrected chi connectivity index (χ3v) is 6.85.